The van der Waals surface area contributed by atoms with Crippen molar-refractivity contribution in [1.29, 1.82) is 0 Å². The molecule has 0 aliphatic carbocycles. The summed E-state index contributed by atoms with van der Waals surface area (Å²) >= 11 is 0. The van der Waals surface area contributed by atoms with Gasteiger partial charge in [0, 0.05) is 0 Å². The Kier molecular flexibility index (Phi) is 2.17. The van der Waals surface area contributed by atoms with Crippen LogP contribution in [0, 0.1) is 0 Å². The lowest BCUT2D eigenvalue weighted by molar-refractivity contribution is -0.0666. The lowest BCUT2D eigenvalue weighted by atomic mass is 9.93. The Morgan fingerprint density at radius 3 is 2.65 bits per heavy atom. The molecule has 17 heavy (non-hydrogen) atoms. The average Bonchev–Trinajstić information content (AvgIpc) is 2.51. The van der Waals surface area contributed by atoms with Gasteiger partial charge in [-0.15, -0.1) is 0 Å². The van der Waals surface area contributed by atoms with E-state index in [1.165, 1.54) is 0 Å². The van der Waals surface area contributed by atoms with Crippen molar-refractivity contribution in [3.8, 4) is 0 Å². The van der Waals surface area contributed by atoms with E-state index >= 15 is 0 Å². The summed E-state index contributed by atoms with van der Waals surface area (Å²) in [4.78, 5) is 0.732. The van der Waals surface area contributed by atoms with E-state index < -0.39 is 16.5 Å². The van der Waals surface area contributed by atoms with Gasteiger partial charge in [0.15, 0.2) is 11.0 Å². The molecule has 2 aromatic rings. The maximum Gasteiger partial charge on any atom is 0.153 e. The van der Waals surface area contributed by atoms with Crippen LogP contribution < -0.4 is 0 Å². The van der Waals surface area contributed by atoms with Crippen molar-refractivity contribution in [2.45, 2.75) is 24.3 Å². The molecule has 2 aromatic carbocycles. The fraction of sp³-hybridized carbons (Fsp3) is 0.231. The highest BCUT2D eigenvalue weighted by atomic mass is 32.2. The van der Waals surface area contributed by atoms with E-state index in [0.717, 1.165) is 25.7 Å². The molecule has 1 unspecified atom stereocenters. The number of rotatable bonds is 0. The molecule has 1 atom stereocenters. The van der Waals surface area contributed by atoms with Gasteiger partial charge in [-0.1, -0.05) is 40.9 Å². The van der Waals surface area contributed by atoms with Gasteiger partial charge in [-0.05, 0) is 30.2 Å². The Labute approximate surface area is 102 Å². The molecule has 0 saturated heterocycles. The first kappa shape index (κ1) is 10.9. The molecule has 0 aromatic heterocycles. The van der Waals surface area contributed by atoms with Gasteiger partial charge in [-0.25, -0.2) is 4.21 Å². The third kappa shape index (κ3) is 1.32. The second kappa shape index (κ2) is 3.38. The number of nitrogens with zero attached hydrogens (tertiary/aromatic N) is 1. The summed E-state index contributed by atoms with van der Waals surface area (Å²) in [6.45, 7) is 3.73. The Hall–Kier alpha value is -1.23. The molecule has 4 heteroatoms. The third-order valence-electron chi connectivity index (χ3n) is 3.35. The van der Waals surface area contributed by atoms with Crippen LogP contribution in [0.15, 0.2) is 41.3 Å². The van der Waals surface area contributed by atoms with Gasteiger partial charge in [0.2, 0.25) is 0 Å². The molecule has 1 N–H and O–H groups in total. The SMILES string of the molecule is CC1(C)c2ccc3ccccc3c2S(=O)N1O. The minimum absolute atomic E-state index is 0.607. The van der Waals surface area contributed by atoms with Crippen LogP contribution >= 0.6 is 0 Å². The van der Waals surface area contributed by atoms with Gasteiger partial charge < -0.3 is 5.21 Å². The van der Waals surface area contributed by atoms with E-state index in [0.29, 0.717) is 0 Å². The Morgan fingerprint density at radius 1 is 1.18 bits per heavy atom. The molecule has 88 valence electrons. The predicted octanol–water partition coefficient (Wildman–Crippen LogP) is 2.80. The zero-order chi connectivity index (χ0) is 12.2. The van der Waals surface area contributed by atoms with Gasteiger partial charge in [0.25, 0.3) is 0 Å². The maximum atomic E-state index is 12.2. The van der Waals surface area contributed by atoms with Crippen LogP contribution in [-0.4, -0.2) is 13.9 Å². The van der Waals surface area contributed by atoms with Crippen LogP contribution in [0.3, 0.4) is 0 Å². The summed E-state index contributed by atoms with van der Waals surface area (Å²) in [6.07, 6.45) is 0. The van der Waals surface area contributed by atoms with Crippen molar-refractivity contribution >= 4 is 21.8 Å². The second-order valence-corrected chi connectivity index (χ2v) is 6.00. The highest BCUT2D eigenvalue weighted by Crippen LogP contribution is 2.43. The predicted molar refractivity (Wildman–Crippen MR) is 67.0 cm³/mol. The van der Waals surface area contributed by atoms with Crippen LogP contribution in [0.25, 0.3) is 10.8 Å². The van der Waals surface area contributed by atoms with Gasteiger partial charge in [-0.3, -0.25) is 0 Å². The average molecular weight is 247 g/mol. The van der Waals surface area contributed by atoms with E-state index in [2.05, 4.69) is 0 Å². The third-order valence-corrected chi connectivity index (χ3v) is 4.91. The van der Waals surface area contributed by atoms with E-state index in [-0.39, 0.29) is 0 Å². The summed E-state index contributed by atoms with van der Waals surface area (Å²) in [5.41, 5.74) is 0.321. The summed E-state index contributed by atoms with van der Waals surface area (Å²) in [6, 6.07) is 11.8. The molecule has 0 fully saturated rings. The van der Waals surface area contributed by atoms with Crippen molar-refractivity contribution in [2.75, 3.05) is 0 Å². The first-order valence-electron chi connectivity index (χ1n) is 5.47. The zero-order valence-corrected chi connectivity index (χ0v) is 10.5. The molecule has 0 spiro atoms. The number of fused-ring (bicyclic) bond motifs is 3. The summed E-state index contributed by atoms with van der Waals surface area (Å²) in [5, 5.41) is 11.9. The van der Waals surface area contributed by atoms with Crippen molar-refractivity contribution in [3.05, 3.63) is 42.0 Å². The number of benzene rings is 2. The Bertz CT molecular complexity index is 636. The zero-order valence-electron chi connectivity index (χ0n) is 9.68. The lowest BCUT2D eigenvalue weighted by Crippen LogP contribution is -2.33. The van der Waals surface area contributed by atoms with Crippen molar-refractivity contribution in [3.63, 3.8) is 0 Å². The van der Waals surface area contributed by atoms with E-state index in [1.54, 1.807) is 0 Å². The molecule has 0 radical (unpaired) electrons. The summed E-state index contributed by atoms with van der Waals surface area (Å²) in [5.74, 6) is 0. The first-order valence-corrected chi connectivity index (χ1v) is 6.57. The monoisotopic (exact) mass is 247 g/mol. The van der Waals surface area contributed by atoms with E-state index in [4.69, 9.17) is 0 Å². The molecule has 1 aliphatic heterocycles. The first-order chi connectivity index (χ1) is 8.03. The van der Waals surface area contributed by atoms with Crippen molar-refractivity contribution in [2.24, 2.45) is 0 Å². The lowest BCUT2D eigenvalue weighted by Gasteiger charge is -2.23. The topological polar surface area (TPSA) is 40.5 Å². The molecule has 3 nitrogen and oxygen atoms in total. The van der Waals surface area contributed by atoms with Gasteiger partial charge in [0.05, 0.1) is 10.4 Å². The molecule has 0 amide bonds. The quantitative estimate of drug-likeness (QED) is 0.777. The number of hydrogen-bond donors (Lipinski definition) is 1. The van der Waals surface area contributed by atoms with Crippen LogP contribution in [0.2, 0.25) is 0 Å². The normalized spacial score (nSPS) is 22.9. The Morgan fingerprint density at radius 2 is 1.88 bits per heavy atom. The van der Waals surface area contributed by atoms with E-state index in [9.17, 15) is 9.42 Å². The highest BCUT2D eigenvalue weighted by molar-refractivity contribution is 7.83. The summed E-state index contributed by atoms with van der Waals surface area (Å²) in [7, 11) is -1.50. The molecule has 1 aliphatic rings. The van der Waals surface area contributed by atoms with Crippen molar-refractivity contribution in [1.82, 2.24) is 4.47 Å². The largest absolute Gasteiger partial charge is 0.300 e. The van der Waals surface area contributed by atoms with Crippen molar-refractivity contribution < 1.29 is 9.42 Å². The molecule has 3 rings (SSSR count). The molecule has 1 heterocycles. The smallest absolute Gasteiger partial charge is 0.153 e. The molecular weight excluding hydrogens is 234 g/mol. The Balaban J connectivity index is 2.44. The van der Waals surface area contributed by atoms with Crippen LogP contribution in [0.4, 0.5) is 0 Å². The number of hydrogen-bond acceptors (Lipinski definition) is 2. The minimum atomic E-state index is -1.50. The van der Waals surface area contributed by atoms with Crippen LogP contribution in [-0.2, 0) is 16.5 Å². The molecule has 0 bridgehead atoms. The maximum absolute atomic E-state index is 12.2. The van der Waals surface area contributed by atoms with E-state index in [1.807, 2.05) is 50.2 Å². The fourth-order valence-electron chi connectivity index (χ4n) is 2.31. The second-order valence-electron chi connectivity index (χ2n) is 4.74. The van der Waals surface area contributed by atoms with Gasteiger partial charge >= 0.3 is 0 Å². The molecular formula is C13H13NO2S. The summed E-state index contributed by atoms with van der Waals surface area (Å²) < 4.78 is 13.1. The minimum Gasteiger partial charge on any atom is -0.300 e. The molecule has 0 saturated carbocycles. The van der Waals surface area contributed by atoms with Gasteiger partial charge in [0.1, 0.15) is 0 Å². The fourth-order valence-corrected chi connectivity index (χ4v) is 3.88. The standard InChI is InChI=1S/C13H13NO2S/c1-13(2)11-8-7-9-5-3-4-6-10(9)12(11)17(16)14(13)15/h3-8,15H,1-2H3. The van der Waals surface area contributed by atoms with Gasteiger partial charge in [-0.2, -0.15) is 0 Å². The highest BCUT2D eigenvalue weighted by Gasteiger charge is 2.43. The number of hydroxylamine groups is 1. The van der Waals surface area contributed by atoms with Crippen LogP contribution in [0.1, 0.15) is 19.4 Å². The van der Waals surface area contributed by atoms with Crippen LogP contribution in [0.5, 0.6) is 0 Å².